The molecule has 1 nitrogen and oxygen atoms in total. The van der Waals surface area contributed by atoms with Crippen molar-refractivity contribution in [3.8, 4) is 0 Å². The van der Waals surface area contributed by atoms with E-state index in [1.54, 1.807) is 12.1 Å². The fourth-order valence-corrected chi connectivity index (χ4v) is 1.91. The summed E-state index contributed by atoms with van der Waals surface area (Å²) in [6, 6.07) is 15.2. The van der Waals surface area contributed by atoms with Gasteiger partial charge in [-0.05, 0) is 29.7 Å². The van der Waals surface area contributed by atoms with Crippen molar-refractivity contribution in [2.45, 2.75) is 26.3 Å². The first kappa shape index (κ1) is 12.6. The molecule has 2 heteroatoms. The lowest BCUT2D eigenvalue weighted by molar-refractivity contribution is 0.630. The molecule has 18 heavy (non-hydrogen) atoms. The molecule has 0 aliphatic heterocycles. The zero-order valence-electron chi connectivity index (χ0n) is 10.6. The SMILES string of the molecule is CCCc1ccc(CNc2ccccc2F)cc1. The van der Waals surface area contributed by atoms with Crippen LogP contribution >= 0.6 is 0 Å². The van der Waals surface area contributed by atoms with Crippen LogP contribution in [0, 0.1) is 5.82 Å². The first-order valence-electron chi connectivity index (χ1n) is 6.36. The van der Waals surface area contributed by atoms with Gasteiger partial charge in [0.1, 0.15) is 5.82 Å². The van der Waals surface area contributed by atoms with Crippen molar-refractivity contribution in [2.24, 2.45) is 0 Å². The van der Waals surface area contributed by atoms with Crippen LogP contribution in [0.2, 0.25) is 0 Å². The summed E-state index contributed by atoms with van der Waals surface area (Å²) in [5, 5.41) is 3.11. The van der Waals surface area contributed by atoms with Crippen molar-refractivity contribution in [3.05, 3.63) is 65.5 Å². The fourth-order valence-electron chi connectivity index (χ4n) is 1.91. The van der Waals surface area contributed by atoms with Gasteiger partial charge in [0.2, 0.25) is 0 Å². The summed E-state index contributed by atoms with van der Waals surface area (Å²) >= 11 is 0. The second kappa shape index (κ2) is 6.20. The molecule has 0 saturated heterocycles. The maximum Gasteiger partial charge on any atom is 0.146 e. The van der Waals surface area contributed by atoms with Gasteiger partial charge >= 0.3 is 0 Å². The van der Waals surface area contributed by atoms with Crippen LogP contribution < -0.4 is 5.32 Å². The Morgan fingerprint density at radius 1 is 0.944 bits per heavy atom. The summed E-state index contributed by atoms with van der Waals surface area (Å²) in [5.41, 5.74) is 3.07. The van der Waals surface area contributed by atoms with Crippen molar-refractivity contribution in [1.82, 2.24) is 0 Å². The highest BCUT2D eigenvalue weighted by Gasteiger charge is 1.99. The molecular formula is C16H18FN. The van der Waals surface area contributed by atoms with E-state index in [0.29, 0.717) is 12.2 Å². The number of anilines is 1. The molecular weight excluding hydrogens is 225 g/mol. The number of aryl methyl sites for hydroxylation is 1. The van der Waals surface area contributed by atoms with E-state index in [2.05, 4.69) is 36.5 Å². The Kier molecular flexibility index (Phi) is 4.35. The lowest BCUT2D eigenvalue weighted by Gasteiger charge is -2.08. The number of hydrogen-bond donors (Lipinski definition) is 1. The quantitative estimate of drug-likeness (QED) is 0.821. The molecule has 0 aromatic heterocycles. The highest BCUT2D eigenvalue weighted by atomic mass is 19.1. The second-order valence-electron chi connectivity index (χ2n) is 4.40. The second-order valence-corrected chi connectivity index (χ2v) is 4.40. The lowest BCUT2D eigenvalue weighted by atomic mass is 10.1. The molecule has 0 heterocycles. The van der Waals surface area contributed by atoms with Gasteiger partial charge in [-0.15, -0.1) is 0 Å². The van der Waals surface area contributed by atoms with Gasteiger partial charge < -0.3 is 5.32 Å². The third kappa shape index (κ3) is 3.33. The van der Waals surface area contributed by atoms with Crippen LogP contribution in [-0.4, -0.2) is 0 Å². The topological polar surface area (TPSA) is 12.0 Å². The Morgan fingerprint density at radius 3 is 2.28 bits per heavy atom. The Hall–Kier alpha value is -1.83. The fraction of sp³-hybridized carbons (Fsp3) is 0.250. The molecule has 2 rings (SSSR count). The predicted molar refractivity (Wildman–Crippen MR) is 74.2 cm³/mol. The molecule has 0 fully saturated rings. The predicted octanol–water partition coefficient (Wildman–Crippen LogP) is 4.39. The van der Waals surface area contributed by atoms with Crippen molar-refractivity contribution in [3.63, 3.8) is 0 Å². The molecule has 0 aliphatic carbocycles. The maximum atomic E-state index is 13.4. The summed E-state index contributed by atoms with van der Waals surface area (Å²) in [6.45, 7) is 2.82. The highest BCUT2D eigenvalue weighted by Crippen LogP contribution is 2.14. The number of hydrogen-bond acceptors (Lipinski definition) is 1. The standard InChI is InChI=1S/C16H18FN/c1-2-5-13-8-10-14(11-9-13)12-18-16-7-4-3-6-15(16)17/h3-4,6-11,18H,2,5,12H2,1H3. The molecule has 0 radical (unpaired) electrons. The van der Waals surface area contributed by atoms with Crippen LogP contribution in [0.4, 0.5) is 10.1 Å². The summed E-state index contributed by atoms with van der Waals surface area (Å²) < 4.78 is 13.4. The van der Waals surface area contributed by atoms with E-state index in [0.717, 1.165) is 18.4 Å². The minimum atomic E-state index is -0.208. The Morgan fingerprint density at radius 2 is 1.61 bits per heavy atom. The first-order chi connectivity index (χ1) is 8.79. The Labute approximate surface area is 108 Å². The molecule has 2 aromatic carbocycles. The Bertz CT molecular complexity index is 491. The first-order valence-corrected chi connectivity index (χ1v) is 6.36. The smallest absolute Gasteiger partial charge is 0.146 e. The summed E-state index contributed by atoms with van der Waals surface area (Å²) in [5.74, 6) is -0.208. The van der Waals surface area contributed by atoms with Crippen LogP contribution in [0.5, 0.6) is 0 Å². The van der Waals surface area contributed by atoms with Gasteiger partial charge in [-0.25, -0.2) is 4.39 Å². The van der Waals surface area contributed by atoms with E-state index < -0.39 is 0 Å². The van der Waals surface area contributed by atoms with Gasteiger partial charge in [-0.2, -0.15) is 0 Å². The number of benzene rings is 2. The maximum absolute atomic E-state index is 13.4. The molecule has 0 bridgehead atoms. The highest BCUT2D eigenvalue weighted by molar-refractivity contribution is 5.44. The Balaban J connectivity index is 1.96. The van der Waals surface area contributed by atoms with Crippen LogP contribution in [0.25, 0.3) is 0 Å². The van der Waals surface area contributed by atoms with E-state index >= 15 is 0 Å². The number of nitrogens with one attached hydrogen (secondary N) is 1. The molecule has 0 saturated carbocycles. The van der Waals surface area contributed by atoms with E-state index in [1.807, 2.05) is 6.07 Å². The number of halogens is 1. The third-order valence-electron chi connectivity index (χ3n) is 2.92. The molecule has 0 unspecified atom stereocenters. The zero-order valence-corrected chi connectivity index (χ0v) is 10.6. The summed E-state index contributed by atoms with van der Waals surface area (Å²) in [7, 11) is 0. The molecule has 0 aliphatic rings. The van der Waals surface area contributed by atoms with Crippen molar-refractivity contribution >= 4 is 5.69 Å². The van der Waals surface area contributed by atoms with Crippen LogP contribution in [0.15, 0.2) is 48.5 Å². The minimum Gasteiger partial charge on any atom is -0.379 e. The van der Waals surface area contributed by atoms with Crippen LogP contribution in [0.1, 0.15) is 24.5 Å². The van der Waals surface area contributed by atoms with Gasteiger partial charge in [0.05, 0.1) is 5.69 Å². The van der Waals surface area contributed by atoms with Crippen molar-refractivity contribution in [1.29, 1.82) is 0 Å². The normalized spacial score (nSPS) is 10.3. The van der Waals surface area contributed by atoms with Gasteiger partial charge in [0.15, 0.2) is 0 Å². The zero-order chi connectivity index (χ0) is 12.8. The van der Waals surface area contributed by atoms with Gasteiger partial charge in [-0.3, -0.25) is 0 Å². The van der Waals surface area contributed by atoms with Crippen LogP contribution in [0.3, 0.4) is 0 Å². The average molecular weight is 243 g/mol. The lowest BCUT2D eigenvalue weighted by Crippen LogP contribution is -2.01. The molecule has 94 valence electrons. The summed E-state index contributed by atoms with van der Waals surface area (Å²) in [4.78, 5) is 0. The monoisotopic (exact) mass is 243 g/mol. The largest absolute Gasteiger partial charge is 0.379 e. The van der Waals surface area contributed by atoms with Crippen LogP contribution in [-0.2, 0) is 13.0 Å². The molecule has 2 aromatic rings. The van der Waals surface area contributed by atoms with E-state index in [-0.39, 0.29) is 5.82 Å². The van der Waals surface area contributed by atoms with Gasteiger partial charge in [0, 0.05) is 6.54 Å². The average Bonchev–Trinajstić information content (AvgIpc) is 2.40. The minimum absolute atomic E-state index is 0.208. The van der Waals surface area contributed by atoms with E-state index in [4.69, 9.17) is 0 Å². The van der Waals surface area contributed by atoms with Gasteiger partial charge in [-0.1, -0.05) is 49.7 Å². The number of para-hydroxylation sites is 1. The molecule has 0 amide bonds. The summed E-state index contributed by atoms with van der Waals surface area (Å²) in [6.07, 6.45) is 2.27. The molecule has 1 N–H and O–H groups in total. The molecule has 0 atom stereocenters. The van der Waals surface area contributed by atoms with E-state index in [9.17, 15) is 4.39 Å². The van der Waals surface area contributed by atoms with Crippen molar-refractivity contribution in [2.75, 3.05) is 5.32 Å². The molecule has 0 spiro atoms. The van der Waals surface area contributed by atoms with Gasteiger partial charge in [0.25, 0.3) is 0 Å². The van der Waals surface area contributed by atoms with Crippen molar-refractivity contribution < 1.29 is 4.39 Å². The van der Waals surface area contributed by atoms with E-state index in [1.165, 1.54) is 11.6 Å². The number of rotatable bonds is 5. The third-order valence-corrected chi connectivity index (χ3v) is 2.92.